The van der Waals surface area contributed by atoms with Crippen molar-refractivity contribution in [3.63, 3.8) is 0 Å². The molecule has 0 aromatic heterocycles. The molecule has 0 amide bonds. The van der Waals surface area contributed by atoms with Crippen molar-refractivity contribution in [2.45, 2.75) is 96.8 Å². The van der Waals surface area contributed by atoms with Gasteiger partial charge in [-0.3, -0.25) is 0 Å². The molecular weight excluding hydrogens is 475 g/mol. The van der Waals surface area contributed by atoms with Gasteiger partial charge in [0, 0.05) is 0 Å². The van der Waals surface area contributed by atoms with Crippen molar-refractivity contribution in [3.05, 3.63) is 91.0 Å². The average Bonchev–Trinajstić information content (AvgIpc) is 2.93. The first-order chi connectivity index (χ1) is 17.4. The standard InChI is InChI=1S/C34H48P.ClH/c1-2-3-4-5-6-7-8-9-10-11-12-13-14-24-31-35(32-25-18-15-19-26-32,33-27-20-16-21-28-33)34-29-22-17-23-30-34;/h15-23,25-30H,2-14,24,31H2,1H3;1H. The Bertz CT molecular complexity index is 798. The predicted molar refractivity (Wildman–Crippen MR) is 168 cm³/mol. The summed E-state index contributed by atoms with van der Waals surface area (Å²) in [7, 11) is -1.64. The van der Waals surface area contributed by atoms with Gasteiger partial charge in [0.2, 0.25) is 0 Å². The van der Waals surface area contributed by atoms with Crippen LogP contribution < -0.4 is 15.9 Å². The number of hydrogen-bond donors (Lipinski definition) is 0. The van der Waals surface area contributed by atoms with Gasteiger partial charge in [0.15, 0.2) is 0 Å². The van der Waals surface area contributed by atoms with Crippen molar-refractivity contribution in [1.29, 1.82) is 0 Å². The summed E-state index contributed by atoms with van der Waals surface area (Å²) in [6.45, 7) is 2.30. The second-order valence-corrected chi connectivity index (χ2v) is 13.8. The van der Waals surface area contributed by atoms with Crippen LogP contribution in [0.15, 0.2) is 91.0 Å². The molecule has 36 heavy (non-hydrogen) atoms. The lowest BCUT2D eigenvalue weighted by molar-refractivity contribution is 0.538. The Labute approximate surface area is 229 Å². The normalized spacial score (nSPS) is 11.2. The van der Waals surface area contributed by atoms with Crippen LogP contribution in [0, 0.1) is 0 Å². The lowest BCUT2D eigenvalue weighted by Gasteiger charge is -2.38. The first kappa shape index (κ1) is 30.6. The number of halogens is 1. The van der Waals surface area contributed by atoms with Gasteiger partial charge in [-0.05, 0) is 35.8 Å². The zero-order valence-corrected chi connectivity index (χ0v) is 24.3. The molecule has 0 heterocycles. The Hall–Kier alpha value is -1.62. The number of hydrogen-bond acceptors (Lipinski definition) is 0. The third kappa shape index (κ3) is 9.68. The summed E-state index contributed by atoms with van der Waals surface area (Å²) < 4.78 is 0. The van der Waals surface area contributed by atoms with Crippen molar-refractivity contribution in [2.75, 3.05) is 6.16 Å². The third-order valence-electron chi connectivity index (χ3n) is 7.44. The molecule has 0 bridgehead atoms. The maximum atomic E-state index is 2.37. The zero-order chi connectivity index (χ0) is 24.4. The molecule has 0 nitrogen and oxygen atoms in total. The molecule has 3 aromatic rings. The van der Waals surface area contributed by atoms with E-state index < -0.39 is 7.26 Å². The van der Waals surface area contributed by atoms with E-state index in [4.69, 9.17) is 0 Å². The van der Waals surface area contributed by atoms with E-state index in [1.54, 1.807) is 0 Å². The van der Waals surface area contributed by atoms with Crippen LogP contribution in [-0.4, -0.2) is 6.16 Å². The van der Waals surface area contributed by atoms with E-state index in [1.165, 1.54) is 112 Å². The van der Waals surface area contributed by atoms with Gasteiger partial charge >= 0.3 is 0 Å². The van der Waals surface area contributed by atoms with Gasteiger partial charge in [-0.15, -0.1) is 12.4 Å². The van der Waals surface area contributed by atoms with Gasteiger partial charge in [-0.1, -0.05) is 181 Å². The van der Waals surface area contributed by atoms with Crippen LogP contribution in [0.1, 0.15) is 96.8 Å². The quantitative estimate of drug-likeness (QED) is 0.115. The lowest BCUT2D eigenvalue weighted by atomic mass is 10.0. The molecule has 2 heteroatoms. The van der Waals surface area contributed by atoms with E-state index in [0.717, 1.165) is 0 Å². The van der Waals surface area contributed by atoms with Crippen LogP contribution >= 0.6 is 19.7 Å². The van der Waals surface area contributed by atoms with Gasteiger partial charge in [0.05, 0.1) is 0 Å². The van der Waals surface area contributed by atoms with Crippen LogP contribution in [0.4, 0.5) is 0 Å². The van der Waals surface area contributed by atoms with E-state index in [0.29, 0.717) is 0 Å². The third-order valence-corrected chi connectivity index (χ3v) is 12.0. The second kappa shape index (κ2) is 18.6. The first-order valence-electron chi connectivity index (χ1n) is 14.4. The highest BCUT2D eigenvalue weighted by molar-refractivity contribution is 7.95. The molecule has 0 N–H and O–H groups in total. The van der Waals surface area contributed by atoms with Crippen LogP contribution in [0.5, 0.6) is 0 Å². The highest BCUT2D eigenvalue weighted by Crippen LogP contribution is 2.56. The van der Waals surface area contributed by atoms with Gasteiger partial charge in [-0.2, -0.15) is 0 Å². The summed E-state index contributed by atoms with van der Waals surface area (Å²) in [5.74, 6) is 0. The Morgan fingerprint density at radius 3 is 0.972 bits per heavy atom. The highest BCUT2D eigenvalue weighted by Gasteiger charge is 2.33. The Morgan fingerprint density at radius 2 is 0.667 bits per heavy atom. The zero-order valence-electron chi connectivity index (χ0n) is 22.6. The molecule has 0 fully saturated rings. The smallest absolute Gasteiger partial charge is 0.0196 e. The molecule has 0 saturated carbocycles. The summed E-state index contributed by atoms with van der Waals surface area (Å²) in [6.07, 6.45) is 21.0. The van der Waals surface area contributed by atoms with Crippen molar-refractivity contribution in [3.8, 4) is 0 Å². The molecule has 1 radical (unpaired) electrons. The van der Waals surface area contributed by atoms with Gasteiger partial charge < -0.3 is 0 Å². The van der Waals surface area contributed by atoms with Gasteiger partial charge in [0.1, 0.15) is 0 Å². The minimum Gasteiger partial charge on any atom is -0.147 e. The Morgan fingerprint density at radius 1 is 0.389 bits per heavy atom. The molecule has 0 aliphatic heterocycles. The maximum Gasteiger partial charge on any atom is -0.0196 e. The Balaban J connectivity index is 0.00000456. The summed E-state index contributed by atoms with van der Waals surface area (Å²) in [4.78, 5) is 0. The topological polar surface area (TPSA) is 0 Å². The fraction of sp³-hybridized carbons (Fsp3) is 0.471. The minimum atomic E-state index is -1.64. The molecule has 3 aromatic carbocycles. The molecule has 0 spiro atoms. The monoisotopic (exact) mass is 523 g/mol. The molecule has 0 saturated heterocycles. The molecule has 0 aliphatic rings. The van der Waals surface area contributed by atoms with E-state index in [-0.39, 0.29) is 12.4 Å². The molecule has 3 rings (SSSR count). The fourth-order valence-electron chi connectivity index (χ4n) is 5.43. The van der Waals surface area contributed by atoms with Crippen molar-refractivity contribution in [1.82, 2.24) is 0 Å². The van der Waals surface area contributed by atoms with E-state index >= 15 is 0 Å². The maximum absolute atomic E-state index is 2.37. The Kier molecular flexibility index (Phi) is 15.8. The minimum absolute atomic E-state index is 0. The van der Waals surface area contributed by atoms with Crippen LogP contribution in [0.2, 0.25) is 0 Å². The largest absolute Gasteiger partial charge is 0.147 e. The van der Waals surface area contributed by atoms with Crippen LogP contribution in [0.3, 0.4) is 0 Å². The fourth-order valence-corrected chi connectivity index (χ4v) is 9.84. The van der Waals surface area contributed by atoms with Crippen molar-refractivity contribution < 1.29 is 0 Å². The van der Waals surface area contributed by atoms with Crippen molar-refractivity contribution in [2.24, 2.45) is 0 Å². The average molecular weight is 524 g/mol. The summed E-state index contributed by atoms with van der Waals surface area (Å²) >= 11 is 0. The highest BCUT2D eigenvalue weighted by atomic mass is 35.5. The van der Waals surface area contributed by atoms with Crippen LogP contribution in [0.25, 0.3) is 0 Å². The van der Waals surface area contributed by atoms with E-state index in [9.17, 15) is 0 Å². The van der Waals surface area contributed by atoms with E-state index in [2.05, 4.69) is 97.9 Å². The summed E-state index contributed by atoms with van der Waals surface area (Å²) in [5.41, 5.74) is 0. The summed E-state index contributed by atoms with van der Waals surface area (Å²) in [5, 5.41) is 4.56. The molecule has 0 aliphatic carbocycles. The molecular formula is C34H49ClP. The summed E-state index contributed by atoms with van der Waals surface area (Å²) in [6, 6.07) is 34.0. The van der Waals surface area contributed by atoms with E-state index in [1.807, 2.05) is 0 Å². The number of benzene rings is 3. The number of rotatable bonds is 18. The van der Waals surface area contributed by atoms with Gasteiger partial charge in [0.25, 0.3) is 0 Å². The molecule has 0 unspecified atom stereocenters. The van der Waals surface area contributed by atoms with Crippen molar-refractivity contribution >= 4 is 35.6 Å². The molecule has 197 valence electrons. The van der Waals surface area contributed by atoms with Gasteiger partial charge in [-0.25, -0.2) is 0 Å². The number of unbranched alkanes of at least 4 members (excludes halogenated alkanes) is 13. The predicted octanol–water partition coefficient (Wildman–Crippen LogP) is 9.88. The second-order valence-electron chi connectivity index (χ2n) is 10.1. The SMILES string of the molecule is CCCCCCCCCCCCCCCC[P](c1ccccc1)(c1ccccc1)c1ccccc1.Cl. The lowest BCUT2D eigenvalue weighted by Crippen LogP contribution is -2.33. The molecule has 0 atom stereocenters. The first-order valence-corrected chi connectivity index (χ1v) is 16.4. The van der Waals surface area contributed by atoms with Crippen LogP contribution in [-0.2, 0) is 0 Å².